The molecule has 0 radical (unpaired) electrons. The Morgan fingerprint density at radius 3 is 2.42 bits per heavy atom. The van der Waals surface area contributed by atoms with E-state index in [-0.39, 0.29) is 25.3 Å². The summed E-state index contributed by atoms with van der Waals surface area (Å²) in [4.78, 5) is 43.4. The van der Waals surface area contributed by atoms with Gasteiger partial charge in [-0.3, -0.25) is 14.4 Å². The average molecular weight is 487 g/mol. The van der Waals surface area contributed by atoms with Crippen molar-refractivity contribution in [1.82, 2.24) is 9.88 Å². The number of rotatable bonds is 7. The van der Waals surface area contributed by atoms with Crippen LogP contribution in [0, 0.1) is 0 Å². The molecule has 2 amide bonds. The lowest BCUT2D eigenvalue weighted by atomic mass is 10.0. The number of nitrogen functional groups attached to an aromatic ring is 1. The SMILES string of the molecule is CC(C)(C)OC(=O)CC[C@@H](C(N)=O)N1Cc2cc(-c3cc(-c4ccccc4)cc(N)n3)ccc2C1=O. The minimum Gasteiger partial charge on any atom is -0.460 e. The highest BCUT2D eigenvalue weighted by atomic mass is 16.6. The third-order valence-corrected chi connectivity index (χ3v) is 5.93. The van der Waals surface area contributed by atoms with E-state index in [0.29, 0.717) is 17.1 Å². The summed E-state index contributed by atoms with van der Waals surface area (Å²) in [6.45, 7) is 5.52. The lowest BCUT2D eigenvalue weighted by Gasteiger charge is -2.25. The van der Waals surface area contributed by atoms with Crippen LogP contribution in [0.1, 0.15) is 49.5 Å². The van der Waals surface area contributed by atoms with Gasteiger partial charge in [0.1, 0.15) is 17.5 Å². The fourth-order valence-electron chi connectivity index (χ4n) is 4.35. The molecule has 2 aromatic carbocycles. The number of nitrogens with two attached hydrogens (primary N) is 2. The van der Waals surface area contributed by atoms with E-state index in [0.717, 1.165) is 22.3 Å². The number of amides is 2. The summed E-state index contributed by atoms with van der Waals surface area (Å²) in [5, 5.41) is 0. The third kappa shape index (κ3) is 5.54. The van der Waals surface area contributed by atoms with Gasteiger partial charge < -0.3 is 21.1 Å². The van der Waals surface area contributed by atoms with E-state index in [4.69, 9.17) is 16.2 Å². The van der Waals surface area contributed by atoms with Gasteiger partial charge in [0.2, 0.25) is 5.91 Å². The maximum atomic E-state index is 13.1. The first kappa shape index (κ1) is 24.9. The molecule has 0 unspecified atom stereocenters. The summed E-state index contributed by atoms with van der Waals surface area (Å²) < 4.78 is 5.32. The Bertz CT molecular complexity index is 1310. The van der Waals surface area contributed by atoms with Crippen molar-refractivity contribution < 1.29 is 19.1 Å². The van der Waals surface area contributed by atoms with E-state index in [2.05, 4.69) is 4.98 Å². The second-order valence-corrected chi connectivity index (χ2v) is 9.88. The number of ether oxygens (including phenoxy) is 1. The first-order valence-electron chi connectivity index (χ1n) is 11.8. The topological polar surface area (TPSA) is 129 Å². The zero-order valence-corrected chi connectivity index (χ0v) is 20.7. The van der Waals surface area contributed by atoms with Crippen molar-refractivity contribution in [2.75, 3.05) is 5.73 Å². The summed E-state index contributed by atoms with van der Waals surface area (Å²) in [5.41, 5.74) is 15.8. The molecule has 4 N–H and O–H groups in total. The van der Waals surface area contributed by atoms with Gasteiger partial charge in [0.15, 0.2) is 0 Å². The van der Waals surface area contributed by atoms with Crippen molar-refractivity contribution in [3.05, 3.63) is 71.8 Å². The Hall–Kier alpha value is -4.20. The number of primary amides is 1. The molecule has 1 aliphatic heterocycles. The first-order valence-corrected chi connectivity index (χ1v) is 11.8. The van der Waals surface area contributed by atoms with Crippen LogP contribution in [-0.2, 0) is 20.9 Å². The molecule has 36 heavy (non-hydrogen) atoms. The molecule has 0 fully saturated rings. The van der Waals surface area contributed by atoms with Crippen molar-refractivity contribution in [2.24, 2.45) is 5.73 Å². The van der Waals surface area contributed by atoms with Gasteiger partial charge in [-0.25, -0.2) is 4.98 Å². The zero-order chi connectivity index (χ0) is 26.0. The number of carbonyl (C=O) groups excluding carboxylic acids is 3. The van der Waals surface area contributed by atoms with Crippen LogP contribution in [0.3, 0.4) is 0 Å². The van der Waals surface area contributed by atoms with Crippen LogP contribution in [0.4, 0.5) is 5.82 Å². The lowest BCUT2D eigenvalue weighted by Crippen LogP contribution is -2.45. The number of esters is 1. The molecule has 2 heterocycles. The second kappa shape index (κ2) is 9.81. The highest BCUT2D eigenvalue weighted by molar-refractivity contribution is 6.01. The van der Waals surface area contributed by atoms with Crippen LogP contribution in [0.2, 0.25) is 0 Å². The number of carbonyl (C=O) groups is 3. The van der Waals surface area contributed by atoms with E-state index in [1.54, 1.807) is 26.8 Å². The second-order valence-electron chi connectivity index (χ2n) is 9.88. The Labute approximate surface area is 210 Å². The normalized spacial score (nSPS) is 13.9. The van der Waals surface area contributed by atoms with E-state index in [1.165, 1.54) is 4.90 Å². The molecule has 0 aliphatic carbocycles. The summed E-state index contributed by atoms with van der Waals surface area (Å²) in [6.07, 6.45) is 0.0692. The number of pyridine rings is 1. The molecule has 0 spiro atoms. The number of fused-ring (bicyclic) bond motifs is 1. The highest BCUT2D eigenvalue weighted by Gasteiger charge is 2.36. The van der Waals surface area contributed by atoms with Gasteiger partial charge in [0, 0.05) is 24.1 Å². The minimum atomic E-state index is -0.920. The molecule has 1 aromatic heterocycles. The van der Waals surface area contributed by atoms with Crippen LogP contribution < -0.4 is 11.5 Å². The summed E-state index contributed by atoms with van der Waals surface area (Å²) >= 11 is 0. The Morgan fingerprint density at radius 1 is 1.03 bits per heavy atom. The molecule has 3 aromatic rings. The molecular formula is C28H30N4O4. The zero-order valence-electron chi connectivity index (χ0n) is 20.7. The van der Waals surface area contributed by atoms with Crippen LogP contribution >= 0.6 is 0 Å². The number of aromatic nitrogens is 1. The Morgan fingerprint density at radius 2 is 1.75 bits per heavy atom. The van der Waals surface area contributed by atoms with Crippen LogP contribution in [-0.4, -0.2) is 39.3 Å². The quantitative estimate of drug-likeness (QED) is 0.487. The molecule has 1 aliphatic rings. The molecule has 0 saturated carbocycles. The predicted molar refractivity (Wildman–Crippen MR) is 137 cm³/mol. The van der Waals surface area contributed by atoms with Crippen molar-refractivity contribution in [2.45, 2.75) is 51.8 Å². The van der Waals surface area contributed by atoms with Gasteiger partial charge in [0.25, 0.3) is 5.91 Å². The number of benzene rings is 2. The molecular weight excluding hydrogens is 456 g/mol. The third-order valence-electron chi connectivity index (χ3n) is 5.93. The Balaban J connectivity index is 1.56. The van der Waals surface area contributed by atoms with E-state index < -0.39 is 23.5 Å². The van der Waals surface area contributed by atoms with Crippen molar-refractivity contribution in [1.29, 1.82) is 0 Å². The van der Waals surface area contributed by atoms with Crippen LogP contribution in [0.15, 0.2) is 60.7 Å². The largest absolute Gasteiger partial charge is 0.460 e. The monoisotopic (exact) mass is 486 g/mol. The first-order chi connectivity index (χ1) is 17.0. The molecule has 186 valence electrons. The van der Waals surface area contributed by atoms with Gasteiger partial charge in [-0.05, 0) is 68.1 Å². The molecule has 0 bridgehead atoms. The average Bonchev–Trinajstić information content (AvgIpc) is 3.13. The van der Waals surface area contributed by atoms with Crippen molar-refractivity contribution >= 4 is 23.6 Å². The molecule has 8 heteroatoms. The lowest BCUT2D eigenvalue weighted by molar-refractivity contribution is -0.155. The predicted octanol–water partition coefficient (Wildman–Crippen LogP) is 3.93. The van der Waals surface area contributed by atoms with E-state index >= 15 is 0 Å². The standard InChI is InChI=1S/C28H30N4O4/c1-28(2,3)36-25(33)12-11-23(26(30)34)32-16-20-13-18(9-10-21(20)27(32)35)22-14-19(15-24(29)31-22)17-7-5-4-6-8-17/h4-10,13-15,23H,11-12,16H2,1-3H3,(H2,29,31)(H2,30,34)/t23-/m0/s1. The Kier molecular flexibility index (Phi) is 6.79. The van der Waals surface area contributed by atoms with E-state index in [9.17, 15) is 14.4 Å². The fourth-order valence-corrected chi connectivity index (χ4v) is 4.35. The number of hydrogen-bond acceptors (Lipinski definition) is 6. The summed E-state index contributed by atoms with van der Waals surface area (Å²) in [6, 6.07) is 18.1. The minimum absolute atomic E-state index is 0.0221. The number of hydrogen-bond donors (Lipinski definition) is 2. The molecule has 4 rings (SSSR count). The number of nitrogens with zero attached hydrogens (tertiary/aromatic N) is 2. The van der Waals surface area contributed by atoms with Gasteiger partial charge in [-0.1, -0.05) is 36.4 Å². The summed E-state index contributed by atoms with van der Waals surface area (Å²) in [5.74, 6) is -1.01. The van der Waals surface area contributed by atoms with Crippen LogP contribution in [0.5, 0.6) is 0 Å². The highest BCUT2D eigenvalue weighted by Crippen LogP contribution is 2.32. The van der Waals surface area contributed by atoms with Crippen molar-refractivity contribution in [3.63, 3.8) is 0 Å². The van der Waals surface area contributed by atoms with Gasteiger partial charge in [-0.2, -0.15) is 0 Å². The maximum absolute atomic E-state index is 13.1. The van der Waals surface area contributed by atoms with Crippen LogP contribution in [0.25, 0.3) is 22.4 Å². The van der Waals surface area contributed by atoms with E-state index in [1.807, 2.05) is 54.6 Å². The maximum Gasteiger partial charge on any atom is 0.306 e. The summed E-state index contributed by atoms with van der Waals surface area (Å²) in [7, 11) is 0. The van der Waals surface area contributed by atoms with Crippen molar-refractivity contribution in [3.8, 4) is 22.4 Å². The molecule has 1 atom stereocenters. The molecule has 0 saturated heterocycles. The molecule has 8 nitrogen and oxygen atoms in total. The van der Waals surface area contributed by atoms with Gasteiger partial charge in [-0.15, -0.1) is 0 Å². The smallest absolute Gasteiger partial charge is 0.306 e. The number of anilines is 1. The van der Waals surface area contributed by atoms with Gasteiger partial charge in [0.05, 0.1) is 5.69 Å². The fraction of sp³-hybridized carbons (Fsp3) is 0.286. The van der Waals surface area contributed by atoms with Gasteiger partial charge >= 0.3 is 5.97 Å².